The summed E-state index contributed by atoms with van der Waals surface area (Å²) in [5.74, 6) is 0.721. The zero-order valence-corrected chi connectivity index (χ0v) is 10.1. The van der Waals surface area contributed by atoms with Crippen molar-refractivity contribution in [1.82, 2.24) is 10.3 Å². The van der Waals surface area contributed by atoms with Crippen molar-refractivity contribution >= 4 is 22.6 Å². The normalized spacial score (nSPS) is 35.1. The second kappa shape index (κ2) is 3.45. The van der Waals surface area contributed by atoms with Gasteiger partial charge in [-0.2, -0.15) is 0 Å². The number of nitrogens with one attached hydrogen (secondary N) is 1. The van der Waals surface area contributed by atoms with Gasteiger partial charge in [0, 0.05) is 24.2 Å². The van der Waals surface area contributed by atoms with Crippen LogP contribution < -0.4 is 5.32 Å². The fourth-order valence-electron chi connectivity index (χ4n) is 2.80. The first kappa shape index (κ1) is 9.09. The van der Waals surface area contributed by atoms with Gasteiger partial charge in [-0.3, -0.25) is 4.98 Å². The molecule has 2 nitrogen and oxygen atoms in total. The fourth-order valence-corrected chi connectivity index (χ4v) is 3.12. The highest BCUT2D eigenvalue weighted by Gasteiger charge is 2.39. The van der Waals surface area contributed by atoms with Crippen LogP contribution in [0.15, 0.2) is 18.3 Å². The Labute approximate surface area is 97.6 Å². The Bertz CT molecular complexity index is 336. The van der Waals surface area contributed by atoms with Crippen molar-refractivity contribution in [2.75, 3.05) is 0 Å². The SMILES string of the molecule is Ic1ccc([C@@H]2C[C@H]3CC[C@@H]2N3)cn1. The molecule has 2 fully saturated rings. The first-order valence-electron chi connectivity index (χ1n) is 5.20. The molecular weight excluding hydrogens is 287 g/mol. The van der Waals surface area contributed by atoms with Crippen molar-refractivity contribution in [3.8, 4) is 0 Å². The fraction of sp³-hybridized carbons (Fsp3) is 0.545. The molecule has 0 saturated carbocycles. The van der Waals surface area contributed by atoms with Crippen LogP contribution >= 0.6 is 22.6 Å². The third-order valence-electron chi connectivity index (χ3n) is 3.48. The quantitative estimate of drug-likeness (QED) is 0.636. The number of aromatic nitrogens is 1. The van der Waals surface area contributed by atoms with E-state index < -0.39 is 0 Å². The molecule has 3 heterocycles. The Morgan fingerprint density at radius 3 is 2.86 bits per heavy atom. The molecule has 3 heteroatoms. The Balaban J connectivity index is 1.86. The van der Waals surface area contributed by atoms with Gasteiger partial charge in [0.2, 0.25) is 0 Å². The second-order valence-electron chi connectivity index (χ2n) is 4.30. The van der Waals surface area contributed by atoms with E-state index in [2.05, 4.69) is 51.2 Å². The van der Waals surface area contributed by atoms with E-state index in [4.69, 9.17) is 0 Å². The third-order valence-corrected chi connectivity index (χ3v) is 4.12. The predicted octanol–water partition coefficient (Wildman–Crippen LogP) is 2.29. The van der Waals surface area contributed by atoms with Crippen LogP contribution in [0.2, 0.25) is 0 Å². The topological polar surface area (TPSA) is 24.9 Å². The van der Waals surface area contributed by atoms with Crippen LogP contribution in [0.25, 0.3) is 0 Å². The molecule has 2 aliphatic rings. The lowest BCUT2D eigenvalue weighted by molar-refractivity contribution is 0.505. The van der Waals surface area contributed by atoms with Crippen molar-refractivity contribution in [2.45, 2.75) is 37.3 Å². The van der Waals surface area contributed by atoms with Gasteiger partial charge in [0.1, 0.15) is 3.70 Å². The predicted molar refractivity (Wildman–Crippen MR) is 64.3 cm³/mol. The Morgan fingerprint density at radius 2 is 2.29 bits per heavy atom. The molecule has 2 aliphatic heterocycles. The van der Waals surface area contributed by atoms with E-state index in [1.165, 1.54) is 24.8 Å². The van der Waals surface area contributed by atoms with Crippen molar-refractivity contribution < 1.29 is 0 Å². The van der Waals surface area contributed by atoms with Crippen LogP contribution in [-0.2, 0) is 0 Å². The third kappa shape index (κ3) is 1.46. The van der Waals surface area contributed by atoms with E-state index in [9.17, 15) is 0 Å². The molecule has 1 N–H and O–H groups in total. The van der Waals surface area contributed by atoms with Crippen LogP contribution in [0.5, 0.6) is 0 Å². The second-order valence-corrected chi connectivity index (χ2v) is 5.41. The molecule has 2 bridgehead atoms. The van der Waals surface area contributed by atoms with Gasteiger partial charge < -0.3 is 5.32 Å². The van der Waals surface area contributed by atoms with E-state index in [0.29, 0.717) is 0 Å². The molecule has 3 rings (SSSR count). The van der Waals surface area contributed by atoms with Gasteiger partial charge in [0.15, 0.2) is 0 Å². The molecule has 14 heavy (non-hydrogen) atoms. The highest BCUT2D eigenvalue weighted by Crippen LogP contribution is 2.39. The van der Waals surface area contributed by atoms with Gasteiger partial charge in [0.25, 0.3) is 0 Å². The van der Waals surface area contributed by atoms with Crippen LogP contribution in [0, 0.1) is 3.70 Å². The van der Waals surface area contributed by atoms with Crippen molar-refractivity contribution in [3.63, 3.8) is 0 Å². The number of hydrogen-bond donors (Lipinski definition) is 1. The van der Waals surface area contributed by atoms with E-state index >= 15 is 0 Å². The van der Waals surface area contributed by atoms with E-state index in [1.807, 2.05) is 0 Å². The molecule has 3 atom stereocenters. The summed E-state index contributed by atoms with van der Waals surface area (Å²) in [6.45, 7) is 0. The van der Waals surface area contributed by atoms with E-state index in [-0.39, 0.29) is 0 Å². The number of halogens is 1. The van der Waals surface area contributed by atoms with Gasteiger partial charge in [-0.1, -0.05) is 6.07 Å². The first-order valence-corrected chi connectivity index (χ1v) is 6.28. The van der Waals surface area contributed by atoms with E-state index in [1.54, 1.807) is 0 Å². The molecule has 1 aromatic heterocycles. The van der Waals surface area contributed by atoms with Gasteiger partial charge in [0.05, 0.1) is 0 Å². The lowest BCUT2D eigenvalue weighted by atomic mass is 9.85. The van der Waals surface area contributed by atoms with Crippen LogP contribution in [0.4, 0.5) is 0 Å². The van der Waals surface area contributed by atoms with Gasteiger partial charge in [-0.25, -0.2) is 0 Å². The van der Waals surface area contributed by atoms with Crippen molar-refractivity contribution in [2.24, 2.45) is 0 Å². The Morgan fingerprint density at radius 1 is 1.36 bits per heavy atom. The summed E-state index contributed by atoms with van der Waals surface area (Å²) in [6.07, 6.45) is 6.09. The lowest BCUT2D eigenvalue weighted by Gasteiger charge is -2.19. The summed E-state index contributed by atoms with van der Waals surface area (Å²) >= 11 is 2.26. The lowest BCUT2D eigenvalue weighted by Crippen LogP contribution is -2.21. The minimum absolute atomic E-state index is 0.721. The maximum Gasteiger partial charge on any atom is 0.101 e. The molecule has 0 aromatic carbocycles. The molecule has 0 radical (unpaired) electrons. The van der Waals surface area contributed by atoms with Crippen molar-refractivity contribution in [1.29, 1.82) is 0 Å². The molecule has 0 aliphatic carbocycles. The van der Waals surface area contributed by atoms with E-state index in [0.717, 1.165) is 21.7 Å². The van der Waals surface area contributed by atoms with Crippen molar-refractivity contribution in [3.05, 3.63) is 27.6 Å². The first-order chi connectivity index (χ1) is 6.83. The standard InChI is InChI=1S/C11H13IN2/c12-11-4-1-7(6-13-11)9-5-8-2-3-10(9)14-8/h1,4,6,8-10,14H,2-3,5H2/t8-,9+,10+/m1/s1. The number of rotatable bonds is 1. The number of pyridine rings is 1. The summed E-state index contributed by atoms with van der Waals surface area (Å²) < 4.78 is 1.09. The largest absolute Gasteiger partial charge is 0.311 e. The Kier molecular flexibility index (Phi) is 2.24. The summed E-state index contributed by atoms with van der Waals surface area (Å²) in [4.78, 5) is 4.37. The average molecular weight is 300 g/mol. The number of hydrogen-bond acceptors (Lipinski definition) is 2. The number of fused-ring (bicyclic) bond motifs is 2. The summed E-state index contributed by atoms with van der Waals surface area (Å²) in [5, 5.41) is 3.66. The maximum absolute atomic E-state index is 4.37. The Hall–Kier alpha value is -0.160. The molecule has 1 aromatic rings. The molecular formula is C11H13IN2. The highest BCUT2D eigenvalue weighted by atomic mass is 127. The zero-order chi connectivity index (χ0) is 9.54. The van der Waals surface area contributed by atoms with Crippen LogP contribution in [0.3, 0.4) is 0 Å². The molecule has 0 amide bonds. The molecule has 0 spiro atoms. The monoisotopic (exact) mass is 300 g/mol. The molecule has 2 saturated heterocycles. The van der Waals surface area contributed by atoms with Gasteiger partial charge in [-0.15, -0.1) is 0 Å². The van der Waals surface area contributed by atoms with Gasteiger partial charge >= 0.3 is 0 Å². The summed E-state index contributed by atoms with van der Waals surface area (Å²) in [7, 11) is 0. The smallest absolute Gasteiger partial charge is 0.101 e. The minimum Gasteiger partial charge on any atom is -0.311 e. The highest BCUT2D eigenvalue weighted by molar-refractivity contribution is 14.1. The zero-order valence-electron chi connectivity index (χ0n) is 7.91. The van der Waals surface area contributed by atoms with Crippen LogP contribution in [0.1, 0.15) is 30.7 Å². The van der Waals surface area contributed by atoms with Gasteiger partial charge in [-0.05, 0) is 53.5 Å². The minimum atomic E-state index is 0.721. The van der Waals surface area contributed by atoms with Crippen LogP contribution in [-0.4, -0.2) is 17.1 Å². The summed E-state index contributed by atoms with van der Waals surface area (Å²) in [6, 6.07) is 5.86. The molecule has 74 valence electrons. The maximum atomic E-state index is 4.37. The summed E-state index contributed by atoms with van der Waals surface area (Å²) in [5.41, 5.74) is 1.42. The molecule has 0 unspecified atom stereocenters. The number of nitrogens with zero attached hydrogens (tertiary/aromatic N) is 1. The average Bonchev–Trinajstić information content (AvgIpc) is 2.80.